The molecule has 28 heavy (non-hydrogen) atoms. The van der Waals surface area contributed by atoms with Gasteiger partial charge in [0.05, 0.1) is 0 Å². The Morgan fingerprint density at radius 1 is 0.964 bits per heavy atom. The van der Waals surface area contributed by atoms with Gasteiger partial charge >= 0.3 is 6.09 Å². The predicted molar refractivity (Wildman–Crippen MR) is 114 cm³/mol. The highest BCUT2D eigenvalue weighted by molar-refractivity contribution is 5.81. The summed E-state index contributed by atoms with van der Waals surface area (Å²) >= 11 is 0. The lowest BCUT2D eigenvalue weighted by Crippen LogP contribution is -2.49. The first-order chi connectivity index (χ1) is 13.3. The zero-order valence-electron chi connectivity index (χ0n) is 18.4. The summed E-state index contributed by atoms with van der Waals surface area (Å²) < 4.78 is 5.58. The van der Waals surface area contributed by atoms with Crippen LogP contribution in [-0.4, -0.2) is 34.5 Å². The Kier molecular flexibility index (Phi) is 9.04. The number of allylic oxidation sites excluding steroid dienone is 1. The molecule has 0 N–H and O–H groups in total. The Labute approximate surface area is 172 Å². The van der Waals surface area contributed by atoms with Gasteiger partial charge < -0.3 is 9.64 Å². The van der Waals surface area contributed by atoms with Crippen LogP contribution >= 0.6 is 0 Å². The second-order valence-electron chi connectivity index (χ2n) is 9.71. The molecule has 0 aromatic rings. The number of piperidine rings is 1. The van der Waals surface area contributed by atoms with E-state index in [-0.39, 0.29) is 24.1 Å². The Morgan fingerprint density at radius 3 is 2.04 bits per heavy atom. The Morgan fingerprint density at radius 2 is 1.50 bits per heavy atom. The van der Waals surface area contributed by atoms with E-state index in [0.717, 1.165) is 44.9 Å². The molecule has 2 aliphatic heterocycles. The van der Waals surface area contributed by atoms with Crippen LogP contribution in [0.2, 0.25) is 0 Å². The van der Waals surface area contributed by atoms with E-state index in [1.54, 1.807) is 0 Å². The number of fused-ring (bicyclic) bond motifs is 2. The van der Waals surface area contributed by atoms with E-state index in [2.05, 4.69) is 6.58 Å². The summed E-state index contributed by atoms with van der Waals surface area (Å²) in [6, 6.07) is 0.385. The second kappa shape index (κ2) is 11.0. The summed E-state index contributed by atoms with van der Waals surface area (Å²) in [5, 5.41) is 0. The van der Waals surface area contributed by atoms with Crippen LogP contribution in [0.1, 0.15) is 104 Å². The van der Waals surface area contributed by atoms with Crippen molar-refractivity contribution in [1.29, 1.82) is 0 Å². The van der Waals surface area contributed by atoms with Crippen LogP contribution < -0.4 is 0 Å². The van der Waals surface area contributed by atoms with Crippen molar-refractivity contribution in [2.45, 2.75) is 122 Å². The number of ketones is 1. The molecule has 0 spiro atoms. The van der Waals surface area contributed by atoms with Crippen LogP contribution in [0.4, 0.5) is 4.79 Å². The fourth-order valence-corrected chi connectivity index (χ4v) is 4.73. The quantitative estimate of drug-likeness (QED) is 0.301. The molecule has 2 bridgehead atoms. The number of carbonyl (C=O) groups excluding carboxylic acids is 2. The molecule has 2 atom stereocenters. The second-order valence-corrected chi connectivity index (χ2v) is 9.71. The van der Waals surface area contributed by atoms with Gasteiger partial charge in [-0.25, -0.2) is 4.79 Å². The first-order valence-corrected chi connectivity index (χ1v) is 11.5. The zero-order valence-corrected chi connectivity index (χ0v) is 18.4. The zero-order chi connectivity index (χ0) is 20.6. The molecule has 2 fully saturated rings. The predicted octanol–water partition coefficient (Wildman–Crippen LogP) is 6.43. The SMILES string of the molecule is C=CCCCCCCCCCC(=O)C1CC2CCC(C1)N2C(=O)OC(C)(C)C. The summed E-state index contributed by atoms with van der Waals surface area (Å²) in [5.41, 5.74) is -0.463. The standard InChI is InChI=1S/C24H41NO3/c1-5-6-7-8-9-10-11-12-13-14-22(26)19-17-20-15-16-21(18-19)25(20)23(27)28-24(2,3)4/h5,19-21H,1,6-18H2,2-4H3. The summed E-state index contributed by atoms with van der Waals surface area (Å²) in [5.74, 6) is 0.571. The molecule has 0 saturated carbocycles. The Hall–Kier alpha value is -1.32. The van der Waals surface area contributed by atoms with E-state index in [1.165, 1.54) is 32.1 Å². The van der Waals surface area contributed by atoms with E-state index in [4.69, 9.17) is 4.74 Å². The van der Waals surface area contributed by atoms with E-state index in [9.17, 15) is 9.59 Å². The molecule has 2 heterocycles. The molecule has 0 aliphatic carbocycles. The molecule has 0 aromatic heterocycles. The first-order valence-electron chi connectivity index (χ1n) is 11.5. The number of ether oxygens (including phenoxy) is 1. The van der Waals surface area contributed by atoms with Crippen LogP contribution in [0.15, 0.2) is 12.7 Å². The fourth-order valence-electron chi connectivity index (χ4n) is 4.73. The molecule has 2 rings (SSSR count). The minimum absolute atomic E-state index is 0.148. The minimum atomic E-state index is -0.463. The van der Waals surface area contributed by atoms with Gasteiger partial charge in [-0.2, -0.15) is 0 Å². The third-order valence-corrected chi connectivity index (χ3v) is 6.12. The highest BCUT2D eigenvalue weighted by Crippen LogP contribution is 2.40. The van der Waals surface area contributed by atoms with Crippen molar-refractivity contribution in [3.8, 4) is 0 Å². The van der Waals surface area contributed by atoms with Crippen molar-refractivity contribution in [1.82, 2.24) is 4.90 Å². The van der Waals surface area contributed by atoms with Crippen molar-refractivity contribution in [2.75, 3.05) is 0 Å². The van der Waals surface area contributed by atoms with Crippen molar-refractivity contribution < 1.29 is 14.3 Å². The van der Waals surface area contributed by atoms with E-state index in [0.29, 0.717) is 12.2 Å². The van der Waals surface area contributed by atoms with Gasteiger partial charge in [0.1, 0.15) is 11.4 Å². The smallest absolute Gasteiger partial charge is 0.410 e. The summed E-state index contributed by atoms with van der Waals surface area (Å²) in [7, 11) is 0. The first kappa shape index (κ1) is 23.0. The molecule has 0 radical (unpaired) electrons. The van der Waals surface area contributed by atoms with E-state index >= 15 is 0 Å². The lowest BCUT2D eigenvalue weighted by molar-refractivity contribution is -0.125. The fraction of sp³-hybridized carbons (Fsp3) is 0.833. The summed E-state index contributed by atoms with van der Waals surface area (Å²) in [6.45, 7) is 9.48. The third kappa shape index (κ3) is 7.25. The largest absolute Gasteiger partial charge is 0.444 e. The number of rotatable bonds is 11. The van der Waals surface area contributed by atoms with Crippen LogP contribution in [0.3, 0.4) is 0 Å². The number of carbonyl (C=O) groups is 2. The Bertz CT molecular complexity index is 508. The van der Waals surface area contributed by atoms with Gasteiger partial charge in [0.2, 0.25) is 0 Å². The van der Waals surface area contributed by atoms with Crippen molar-refractivity contribution in [3.63, 3.8) is 0 Å². The third-order valence-electron chi connectivity index (χ3n) is 6.12. The number of nitrogens with zero attached hydrogens (tertiary/aromatic N) is 1. The normalized spacial score (nSPS) is 24.2. The van der Waals surface area contributed by atoms with Gasteiger partial charge in [0.15, 0.2) is 0 Å². The lowest BCUT2D eigenvalue weighted by Gasteiger charge is -2.39. The molecule has 4 nitrogen and oxygen atoms in total. The molecular formula is C24H41NO3. The molecule has 4 heteroatoms. The van der Waals surface area contributed by atoms with Crippen molar-refractivity contribution in [3.05, 3.63) is 12.7 Å². The molecule has 2 aliphatic rings. The molecule has 1 amide bonds. The highest BCUT2D eigenvalue weighted by atomic mass is 16.6. The summed E-state index contributed by atoms with van der Waals surface area (Å²) in [4.78, 5) is 27.1. The van der Waals surface area contributed by atoms with Gasteiger partial charge in [-0.3, -0.25) is 4.79 Å². The number of hydrogen-bond donors (Lipinski definition) is 0. The monoisotopic (exact) mass is 391 g/mol. The van der Waals surface area contributed by atoms with Gasteiger partial charge in [-0.15, -0.1) is 6.58 Å². The number of hydrogen-bond acceptors (Lipinski definition) is 3. The maximum Gasteiger partial charge on any atom is 0.410 e. The topological polar surface area (TPSA) is 46.6 Å². The van der Waals surface area contributed by atoms with Crippen LogP contribution in [0.5, 0.6) is 0 Å². The average Bonchev–Trinajstić information content (AvgIpc) is 2.89. The van der Waals surface area contributed by atoms with Gasteiger partial charge in [0.25, 0.3) is 0 Å². The Balaban J connectivity index is 1.64. The van der Waals surface area contributed by atoms with Crippen LogP contribution in [0.25, 0.3) is 0 Å². The molecule has 2 unspecified atom stereocenters. The van der Waals surface area contributed by atoms with E-state index < -0.39 is 5.60 Å². The van der Waals surface area contributed by atoms with Crippen molar-refractivity contribution >= 4 is 11.9 Å². The maximum absolute atomic E-state index is 12.7. The summed E-state index contributed by atoms with van der Waals surface area (Å²) in [6.07, 6.45) is 15.9. The van der Waals surface area contributed by atoms with Crippen LogP contribution in [0, 0.1) is 5.92 Å². The van der Waals surface area contributed by atoms with Crippen LogP contribution in [-0.2, 0) is 9.53 Å². The van der Waals surface area contributed by atoms with Gasteiger partial charge in [0, 0.05) is 24.4 Å². The lowest BCUT2D eigenvalue weighted by atomic mass is 9.85. The number of unbranched alkanes of at least 4 members (excludes halogenated alkanes) is 7. The minimum Gasteiger partial charge on any atom is -0.444 e. The van der Waals surface area contributed by atoms with Gasteiger partial charge in [-0.1, -0.05) is 38.2 Å². The molecule has 160 valence electrons. The highest BCUT2D eigenvalue weighted by Gasteiger charge is 2.46. The van der Waals surface area contributed by atoms with Gasteiger partial charge in [-0.05, 0) is 65.7 Å². The molecule has 2 saturated heterocycles. The maximum atomic E-state index is 12.7. The molecule has 0 aromatic carbocycles. The number of amides is 1. The average molecular weight is 392 g/mol. The molecular weight excluding hydrogens is 350 g/mol. The van der Waals surface area contributed by atoms with E-state index in [1.807, 2.05) is 31.7 Å². The van der Waals surface area contributed by atoms with Crippen molar-refractivity contribution in [2.24, 2.45) is 5.92 Å². The number of Topliss-reactive ketones (excluding diaryl/α,β-unsaturated/α-hetero) is 1.